The summed E-state index contributed by atoms with van der Waals surface area (Å²) in [6.07, 6.45) is 3.45. The van der Waals surface area contributed by atoms with Gasteiger partial charge in [0, 0.05) is 61.8 Å². The molecule has 2 atom stereocenters. The Kier molecular flexibility index (Phi) is 6.45. The van der Waals surface area contributed by atoms with E-state index in [2.05, 4.69) is 27.3 Å². The number of carbonyl (C=O) groups is 1. The smallest absolute Gasteiger partial charge is 0.241 e. The van der Waals surface area contributed by atoms with E-state index < -0.39 is 6.43 Å². The summed E-state index contributed by atoms with van der Waals surface area (Å²) in [4.78, 5) is 27.6. The van der Waals surface area contributed by atoms with Crippen molar-refractivity contribution in [1.82, 2.24) is 24.5 Å². The summed E-state index contributed by atoms with van der Waals surface area (Å²) in [7, 11) is 1.84. The third kappa shape index (κ3) is 4.81. The lowest BCUT2D eigenvalue weighted by Gasteiger charge is -2.50. The van der Waals surface area contributed by atoms with Gasteiger partial charge < -0.3 is 10.2 Å². The van der Waals surface area contributed by atoms with Crippen LogP contribution in [0.3, 0.4) is 0 Å². The second-order valence-corrected chi connectivity index (χ2v) is 10.8. The molecule has 1 fully saturated rings. The van der Waals surface area contributed by atoms with E-state index in [0.29, 0.717) is 12.4 Å². The lowest BCUT2D eigenvalue weighted by Crippen LogP contribution is -2.59. The van der Waals surface area contributed by atoms with Crippen molar-refractivity contribution < 1.29 is 13.6 Å². The van der Waals surface area contributed by atoms with Crippen LogP contribution >= 0.6 is 0 Å². The molecule has 1 saturated carbocycles. The molecule has 196 valence electrons. The molecule has 0 unspecified atom stereocenters. The predicted octanol–water partition coefficient (Wildman–Crippen LogP) is 5.16. The lowest BCUT2D eigenvalue weighted by molar-refractivity contribution is -0.136. The molecular formula is C27H33F2N7O. The molecule has 2 aliphatic rings. The van der Waals surface area contributed by atoms with E-state index in [0.717, 1.165) is 46.7 Å². The van der Waals surface area contributed by atoms with Crippen LogP contribution in [0.1, 0.15) is 52.7 Å². The Hall–Kier alpha value is -3.43. The van der Waals surface area contributed by atoms with E-state index in [1.54, 1.807) is 22.5 Å². The molecule has 1 N–H and O–H groups in total. The zero-order chi connectivity index (χ0) is 26.5. The van der Waals surface area contributed by atoms with Crippen LogP contribution < -0.4 is 5.32 Å². The Morgan fingerprint density at radius 3 is 2.76 bits per heavy atom. The second-order valence-electron chi connectivity index (χ2n) is 10.8. The highest BCUT2D eigenvalue weighted by molar-refractivity contribution is 5.89. The predicted molar refractivity (Wildman–Crippen MR) is 139 cm³/mol. The van der Waals surface area contributed by atoms with Crippen molar-refractivity contribution in [2.45, 2.75) is 71.4 Å². The van der Waals surface area contributed by atoms with Crippen LogP contribution in [-0.2, 0) is 11.2 Å². The number of pyridine rings is 1. The summed E-state index contributed by atoms with van der Waals surface area (Å²) < 4.78 is 27.8. The van der Waals surface area contributed by atoms with Crippen LogP contribution in [0.2, 0.25) is 0 Å². The fourth-order valence-corrected chi connectivity index (χ4v) is 5.71. The monoisotopic (exact) mass is 509 g/mol. The molecule has 1 aliphatic heterocycles. The van der Waals surface area contributed by atoms with Gasteiger partial charge >= 0.3 is 0 Å². The van der Waals surface area contributed by atoms with Gasteiger partial charge in [-0.05, 0) is 50.8 Å². The topological polar surface area (TPSA) is 87.8 Å². The maximum absolute atomic E-state index is 13.0. The number of rotatable bonds is 7. The number of carbonyl (C=O) groups excluding carboxylic acids is 1. The summed E-state index contributed by atoms with van der Waals surface area (Å²) in [6, 6.07) is 6.03. The van der Waals surface area contributed by atoms with Crippen LogP contribution in [0.25, 0.3) is 16.8 Å². The SMILES string of the molecule is CC(=O)N(C)C1(C)CC(Nc2ncc3c(-c4ccc5c(n4)C[C@H]([C@H](C)CC(F)F)C(C)=N5)ccn3n2)C1. The summed E-state index contributed by atoms with van der Waals surface area (Å²) in [5, 5.41) is 8.00. The van der Waals surface area contributed by atoms with Crippen molar-refractivity contribution >= 4 is 28.8 Å². The van der Waals surface area contributed by atoms with Crippen molar-refractivity contribution in [3.8, 4) is 11.3 Å². The minimum Gasteiger partial charge on any atom is -0.350 e. The van der Waals surface area contributed by atoms with Crippen LogP contribution in [0.4, 0.5) is 20.4 Å². The molecule has 0 spiro atoms. The van der Waals surface area contributed by atoms with Gasteiger partial charge in [0.25, 0.3) is 0 Å². The molecule has 5 rings (SSSR count). The summed E-state index contributed by atoms with van der Waals surface area (Å²) in [5.74, 6) is 0.379. The standard InChI is InChI=1S/C27H33F2N7O/c1-15(10-25(28)29)20-11-23-22(31-16(20)2)7-6-21(33-23)19-8-9-36-24(19)14-30-26(34-36)32-18-12-27(4,13-18)35(5)17(3)37/h6-9,14-15,18,20,25H,10-13H2,1-5H3,(H,32,34)/t15-,18?,20-,27?/m1/s1. The normalized spacial score (nSPS) is 23.8. The number of fused-ring (bicyclic) bond motifs is 2. The maximum atomic E-state index is 13.0. The summed E-state index contributed by atoms with van der Waals surface area (Å²) in [6.45, 7) is 7.46. The molecule has 8 nitrogen and oxygen atoms in total. The van der Waals surface area contributed by atoms with Crippen LogP contribution in [0.15, 0.2) is 35.6 Å². The number of amides is 1. The molecule has 4 heterocycles. The van der Waals surface area contributed by atoms with Crippen LogP contribution in [0.5, 0.6) is 0 Å². The van der Waals surface area contributed by atoms with Gasteiger partial charge in [-0.25, -0.2) is 18.3 Å². The fourth-order valence-electron chi connectivity index (χ4n) is 5.71. The van der Waals surface area contributed by atoms with E-state index in [-0.39, 0.29) is 35.7 Å². The highest BCUT2D eigenvalue weighted by Crippen LogP contribution is 2.38. The molecule has 1 aliphatic carbocycles. The first-order valence-corrected chi connectivity index (χ1v) is 12.7. The van der Waals surface area contributed by atoms with Crippen LogP contribution in [-0.4, -0.2) is 61.2 Å². The second kappa shape index (κ2) is 9.46. The Morgan fingerprint density at radius 2 is 2.05 bits per heavy atom. The molecular weight excluding hydrogens is 476 g/mol. The summed E-state index contributed by atoms with van der Waals surface area (Å²) >= 11 is 0. The van der Waals surface area contributed by atoms with Crippen molar-refractivity contribution in [3.05, 3.63) is 36.3 Å². The Labute approximate surface area is 215 Å². The van der Waals surface area contributed by atoms with Gasteiger partial charge in [0.1, 0.15) is 0 Å². The van der Waals surface area contributed by atoms with Gasteiger partial charge in [-0.2, -0.15) is 0 Å². The van der Waals surface area contributed by atoms with Crippen molar-refractivity contribution in [2.75, 3.05) is 12.4 Å². The van der Waals surface area contributed by atoms with Gasteiger partial charge in [0.15, 0.2) is 0 Å². The first-order valence-electron chi connectivity index (χ1n) is 12.7. The van der Waals surface area contributed by atoms with Crippen LogP contribution in [0, 0.1) is 11.8 Å². The zero-order valence-electron chi connectivity index (χ0n) is 21.9. The largest absolute Gasteiger partial charge is 0.350 e. The van der Waals surface area contributed by atoms with Gasteiger partial charge in [-0.3, -0.25) is 14.8 Å². The number of aliphatic imine (C=N–C) groups is 1. The molecule has 1 amide bonds. The number of halogens is 2. The number of anilines is 1. The number of hydrogen-bond donors (Lipinski definition) is 1. The van der Waals surface area contributed by atoms with Crippen molar-refractivity contribution in [1.29, 1.82) is 0 Å². The van der Waals surface area contributed by atoms with Gasteiger partial charge in [0.05, 0.1) is 28.8 Å². The van der Waals surface area contributed by atoms with E-state index in [4.69, 9.17) is 4.98 Å². The maximum Gasteiger partial charge on any atom is 0.241 e. The number of alkyl halides is 2. The number of hydrogen-bond acceptors (Lipinski definition) is 6. The number of nitrogens with zero attached hydrogens (tertiary/aromatic N) is 6. The Bertz CT molecular complexity index is 1360. The van der Waals surface area contributed by atoms with Gasteiger partial charge in [-0.15, -0.1) is 5.10 Å². The van der Waals surface area contributed by atoms with Gasteiger partial charge in [-0.1, -0.05) is 6.92 Å². The molecule has 37 heavy (non-hydrogen) atoms. The minimum absolute atomic E-state index is 0.0457. The van der Waals surface area contributed by atoms with Crippen molar-refractivity contribution in [3.63, 3.8) is 0 Å². The van der Waals surface area contributed by atoms with E-state index >= 15 is 0 Å². The first kappa shape index (κ1) is 25.2. The van der Waals surface area contributed by atoms with E-state index in [1.807, 2.05) is 45.3 Å². The Balaban J connectivity index is 1.33. The zero-order valence-corrected chi connectivity index (χ0v) is 21.9. The minimum atomic E-state index is -2.33. The third-order valence-electron chi connectivity index (χ3n) is 8.11. The third-order valence-corrected chi connectivity index (χ3v) is 8.11. The average Bonchev–Trinajstić information content (AvgIpc) is 3.24. The van der Waals surface area contributed by atoms with E-state index in [1.165, 1.54) is 0 Å². The quantitative estimate of drug-likeness (QED) is 0.475. The molecule has 0 bridgehead atoms. The Morgan fingerprint density at radius 1 is 1.30 bits per heavy atom. The number of nitrogens with one attached hydrogen (secondary N) is 1. The molecule has 3 aromatic heterocycles. The number of aromatic nitrogens is 4. The molecule has 0 saturated heterocycles. The molecule has 0 aromatic carbocycles. The van der Waals surface area contributed by atoms with Gasteiger partial charge in [0.2, 0.25) is 18.3 Å². The highest BCUT2D eigenvalue weighted by atomic mass is 19.3. The molecule has 0 radical (unpaired) electrons. The average molecular weight is 510 g/mol. The molecule has 10 heteroatoms. The van der Waals surface area contributed by atoms with Crippen molar-refractivity contribution in [2.24, 2.45) is 16.8 Å². The highest BCUT2D eigenvalue weighted by Gasteiger charge is 2.44. The summed E-state index contributed by atoms with van der Waals surface area (Å²) in [5.41, 5.74) is 4.88. The fraction of sp³-hybridized carbons (Fsp3) is 0.519. The lowest BCUT2D eigenvalue weighted by atomic mass is 9.73. The van der Waals surface area contributed by atoms with E-state index in [9.17, 15) is 13.6 Å². The first-order chi connectivity index (χ1) is 17.5. The molecule has 3 aromatic rings.